The standard InChI is InChI=1S/C20H26N4O2S2/c1-5-24-18(26)16-13-8-6-7-9-14(13)28-17(16)22-19(24)27-10-15(25)23-20(4,11-21)12(2)3/h12H,5-10H2,1-4H3,(H,23,25)/t20-/m0/s1. The lowest BCUT2D eigenvalue weighted by molar-refractivity contribution is -0.120. The van der Waals surface area contributed by atoms with Gasteiger partial charge < -0.3 is 5.32 Å². The fourth-order valence-corrected chi connectivity index (χ4v) is 5.53. The van der Waals surface area contributed by atoms with Crippen LogP contribution in [0, 0.1) is 17.2 Å². The van der Waals surface area contributed by atoms with E-state index in [4.69, 9.17) is 4.98 Å². The van der Waals surface area contributed by atoms with E-state index in [1.807, 2.05) is 20.8 Å². The van der Waals surface area contributed by atoms with Crippen LogP contribution in [0.3, 0.4) is 0 Å². The first-order valence-corrected chi connectivity index (χ1v) is 11.5. The molecule has 28 heavy (non-hydrogen) atoms. The quantitative estimate of drug-likeness (QED) is 0.573. The van der Waals surface area contributed by atoms with Crippen molar-refractivity contribution in [1.82, 2.24) is 14.9 Å². The minimum absolute atomic E-state index is 0.00106. The van der Waals surface area contributed by atoms with Gasteiger partial charge in [0.25, 0.3) is 5.56 Å². The van der Waals surface area contributed by atoms with Crippen LogP contribution in [0.2, 0.25) is 0 Å². The first kappa shape index (κ1) is 20.9. The van der Waals surface area contributed by atoms with Gasteiger partial charge in [0, 0.05) is 11.4 Å². The summed E-state index contributed by atoms with van der Waals surface area (Å²) in [6.45, 7) is 7.96. The van der Waals surface area contributed by atoms with Crippen LogP contribution in [0.15, 0.2) is 9.95 Å². The molecular formula is C20H26N4O2S2. The zero-order valence-corrected chi connectivity index (χ0v) is 18.4. The molecule has 0 fully saturated rings. The van der Waals surface area contributed by atoms with E-state index < -0.39 is 5.54 Å². The van der Waals surface area contributed by atoms with E-state index in [-0.39, 0.29) is 23.1 Å². The summed E-state index contributed by atoms with van der Waals surface area (Å²) in [5.74, 6) is -0.120. The van der Waals surface area contributed by atoms with Crippen molar-refractivity contribution < 1.29 is 4.79 Å². The Morgan fingerprint density at radius 1 is 1.43 bits per heavy atom. The lowest BCUT2D eigenvalue weighted by Gasteiger charge is -2.27. The summed E-state index contributed by atoms with van der Waals surface area (Å²) in [6, 6.07) is 2.18. The van der Waals surface area contributed by atoms with E-state index in [2.05, 4.69) is 11.4 Å². The summed E-state index contributed by atoms with van der Waals surface area (Å²) in [5.41, 5.74) is 0.271. The molecule has 1 aliphatic carbocycles. The smallest absolute Gasteiger partial charge is 0.263 e. The first-order chi connectivity index (χ1) is 13.3. The summed E-state index contributed by atoms with van der Waals surface area (Å²) in [6.07, 6.45) is 4.26. The lowest BCUT2D eigenvalue weighted by atomic mass is 9.90. The van der Waals surface area contributed by atoms with Crippen LogP contribution in [0.25, 0.3) is 10.2 Å². The molecule has 0 saturated heterocycles. The fraction of sp³-hybridized carbons (Fsp3) is 0.600. The molecule has 1 atom stereocenters. The molecular weight excluding hydrogens is 392 g/mol. The molecule has 1 N–H and O–H groups in total. The molecule has 0 saturated carbocycles. The number of rotatable bonds is 6. The van der Waals surface area contributed by atoms with E-state index in [0.29, 0.717) is 11.7 Å². The molecule has 2 aromatic rings. The van der Waals surface area contributed by atoms with Gasteiger partial charge in [0.1, 0.15) is 10.4 Å². The Morgan fingerprint density at radius 2 is 2.14 bits per heavy atom. The largest absolute Gasteiger partial charge is 0.337 e. The summed E-state index contributed by atoms with van der Waals surface area (Å²) < 4.78 is 1.66. The SMILES string of the molecule is CCn1c(SCC(=O)N[C@@](C)(C#N)C(C)C)nc2sc3c(c2c1=O)CCCC3. The Labute approximate surface area is 173 Å². The van der Waals surface area contributed by atoms with Crippen molar-refractivity contribution in [2.24, 2.45) is 5.92 Å². The molecule has 1 aliphatic rings. The predicted octanol–water partition coefficient (Wildman–Crippen LogP) is 3.50. The van der Waals surface area contributed by atoms with Crippen LogP contribution in [-0.4, -0.2) is 26.8 Å². The maximum Gasteiger partial charge on any atom is 0.263 e. The van der Waals surface area contributed by atoms with Gasteiger partial charge in [-0.25, -0.2) is 4.98 Å². The van der Waals surface area contributed by atoms with E-state index in [1.54, 1.807) is 22.8 Å². The number of carbonyl (C=O) groups excluding carboxylic acids is 1. The van der Waals surface area contributed by atoms with Crippen molar-refractivity contribution in [3.05, 3.63) is 20.8 Å². The van der Waals surface area contributed by atoms with E-state index in [9.17, 15) is 14.9 Å². The molecule has 150 valence electrons. The minimum atomic E-state index is -0.910. The third-order valence-electron chi connectivity index (χ3n) is 5.47. The number of thiophene rings is 1. The third-order valence-corrected chi connectivity index (χ3v) is 7.64. The Morgan fingerprint density at radius 3 is 2.79 bits per heavy atom. The number of fused-ring (bicyclic) bond motifs is 3. The lowest BCUT2D eigenvalue weighted by Crippen LogP contribution is -2.49. The Kier molecular flexibility index (Phi) is 6.15. The van der Waals surface area contributed by atoms with Gasteiger partial charge in [-0.3, -0.25) is 14.2 Å². The van der Waals surface area contributed by atoms with Gasteiger partial charge in [-0.05, 0) is 51.0 Å². The molecule has 2 heterocycles. The molecule has 1 amide bonds. The highest BCUT2D eigenvalue weighted by molar-refractivity contribution is 7.99. The van der Waals surface area contributed by atoms with Crippen LogP contribution >= 0.6 is 23.1 Å². The average Bonchev–Trinajstić information content (AvgIpc) is 3.04. The number of nitrogens with zero attached hydrogens (tertiary/aromatic N) is 3. The maximum atomic E-state index is 13.1. The van der Waals surface area contributed by atoms with Gasteiger partial charge in [-0.2, -0.15) is 5.26 Å². The minimum Gasteiger partial charge on any atom is -0.337 e. The molecule has 0 radical (unpaired) electrons. The third kappa shape index (κ3) is 3.83. The highest BCUT2D eigenvalue weighted by atomic mass is 32.2. The van der Waals surface area contributed by atoms with Gasteiger partial charge in [0.2, 0.25) is 5.91 Å². The molecule has 8 heteroatoms. The molecule has 0 aliphatic heterocycles. The fourth-order valence-electron chi connectivity index (χ4n) is 3.37. The van der Waals surface area contributed by atoms with Crippen LogP contribution < -0.4 is 10.9 Å². The number of amides is 1. The molecule has 3 rings (SSSR count). The van der Waals surface area contributed by atoms with Crippen LogP contribution in [0.4, 0.5) is 0 Å². The summed E-state index contributed by atoms with van der Waals surface area (Å²) in [5, 5.41) is 13.5. The molecule has 0 spiro atoms. The van der Waals surface area contributed by atoms with Gasteiger partial charge in [0.05, 0.1) is 17.2 Å². The van der Waals surface area contributed by atoms with E-state index in [0.717, 1.165) is 35.9 Å². The number of carbonyl (C=O) groups is 1. The van der Waals surface area contributed by atoms with Gasteiger partial charge in [0.15, 0.2) is 5.16 Å². The van der Waals surface area contributed by atoms with Crippen molar-refractivity contribution in [2.75, 3.05) is 5.75 Å². The van der Waals surface area contributed by atoms with Gasteiger partial charge in [-0.1, -0.05) is 25.6 Å². The molecule has 2 aromatic heterocycles. The van der Waals surface area contributed by atoms with E-state index in [1.165, 1.54) is 22.2 Å². The van der Waals surface area contributed by atoms with Gasteiger partial charge in [-0.15, -0.1) is 11.3 Å². The zero-order valence-electron chi connectivity index (χ0n) is 16.8. The topological polar surface area (TPSA) is 87.8 Å². The predicted molar refractivity (Wildman–Crippen MR) is 114 cm³/mol. The molecule has 6 nitrogen and oxygen atoms in total. The maximum absolute atomic E-state index is 13.1. The number of aryl methyl sites for hydroxylation is 2. The summed E-state index contributed by atoms with van der Waals surface area (Å²) in [7, 11) is 0. The highest BCUT2D eigenvalue weighted by Gasteiger charge is 2.30. The van der Waals surface area contributed by atoms with E-state index >= 15 is 0 Å². The number of nitriles is 1. The van der Waals surface area contributed by atoms with Crippen molar-refractivity contribution in [1.29, 1.82) is 5.26 Å². The average molecular weight is 419 g/mol. The molecule has 0 aromatic carbocycles. The second-order valence-corrected chi connectivity index (χ2v) is 9.67. The molecule has 0 unspecified atom stereocenters. The van der Waals surface area contributed by atoms with Gasteiger partial charge >= 0.3 is 0 Å². The van der Waals surface area contributed by atoms with Crippen LogP contribution in [0.1, 0.15) is 51.0 Å². The number of thioether (sulfide) groups is 1. The summed E-state index contributed by atoms with van der Waals surface area (Å²) >= 11 is 2.87. The van der Waals surface area contributed by atoms with Crippen LogP contribution in [-0.2, 0) is 24.2 Å². The second-order valence-electron chi connectivity index (χ2n) is 7.64. The first-order valence-electron chi connectivity index (χ1n) is 9.70. The normalized spacial score (nSPS) is 15.9. The second kappa shape index (κ2) is 8.26. The zero-order chi connectivity index (χ0) is 20.5. The number of nitrogens with one attached hydrogen (secondary N) is 1. The highest BCUT2D eigenvalue weighted by Crippen LogP contribution is 2.34. The number of hydrogen-bond donors (Lipinski definition) is 1. The Hall–Kier alpha value is -1.85. The van der Waals surface area contributed by atoms with Crippen molar-refractivity contribution >= 4 is 39.2 Å². The van der Waals surface area contributed by atoms with Crippen LogP contribution in [0.5, 0.6) is 0 Å². The number of aromatic nitrogens is 2. The van der Waals surface area contributed by atoms with Crippen molar-refractivity contribution in [2.45, 2.75) is 70.6 Å². The monoisotopic (exact) mass is 418 g/mol. The van der Waals surface area contributed by atoms with Crippen molar-refractivity contribution in [3.8, 4) is 6.07 Å². The molecule has 0 bridgehead atoms. The summed E-state index contributed by atoms with van der Waals surface area (Å²) in [4.78, 5) is 32.3. The number of hydrogen-bond acceptors (Lipinski definition) is 6. The Balaban J connectivity index is 1.86. The Bertz CT molecular complexity index is 1000. The van der Waals surface area contributed by atoms with Crippen molar-refractivity contribution in [3.63, 3.8) is 0 Å².